The van der Waals surface area contributed by atoms with E-state index in [9.17, 15) is 22.8 Å². The molecule has 2 aromatic rings. The number of methoxy groups -OCH3 is 1. The van der Waals surface area contributed by atoms with Crippen molar-refractivity contribution in [2.75, 3.05) is 19.0 Å². The lowest BCUT2D eigenvalue weighted by atomic mass is 10.2. The average molecular weight is 388 g/mol. The van der Waals surface area contributed by atoms with Crippen LogP contribution in [0, 0.1) is 0 Å². The van der Waals surface area contributed by atoms with E-state index in [1.54, 1.807) is 0 Å². The summed E-state index contributed by atoms with van der Waals surface area (Å²) in [6, 6.07) is 8.11. The topological polar surface area (TPSA) is 64.6 Å². The van der Waals surface area contributed by atoms with Gasteiger partial charge >= 0.3 is 12.1 Å². The fourth-order valence-corrected chi connectivity index (χ4v) is 2.11. The van der Waals surface area contributed by atoms with E-state index >= 15 is 0 Å². The number of nitrogens with one attached hydrogen (secondary N) is 1. The summed E-state index contributed by atoms with van der Waals surface area (Å²) in [5.74, 6) is -1.10. The zero-order valence-corrected chi connectivity index (χ0v) is 14.1. The predicted molar refractivity (Wildman–Crippen MR) is 88.4 cm³/mol. The molecule has 0 atom stereocenters. The van der Waals surface area contributed by atoms with Gasteiger partial charge in [-0.15, -0.1) is 0 Å². The lowest BCUT2D eigenvalue weighted by Crippen LogP contribution is -2.20. The fraction of sp³-hybridized carbons (Fsp3) is 0.176. The van der Waals surface area contributed by atoms with Gasteiger partial charge < -0.3 is 14.8 Å². The number of amides is 1. The Balaban J connectivity index is 1.98. The van der Waals surface area contributed by atoms with Gasteiger partial charge in [-0.25, -0.2) is 4.79 Å². The molecule has 138 valence electrons. The number of carbonyl (C=O) groups is 2. The summed E-state index contributed by atoms with van der Waals surface area (Å²) in [6.45, 7) is -0.454. The number of benzene rings is 2. The van der Waals surface area contributed by atoms with Crippen LogP contribution in [-0.2, 0) is 15.7 Å². The highest BCUT2D eigenvalue weighted by molar-refractivity contribution is 6.33. The molecule has 0 unspecified atom stereocenters. The standard InChI is InChI=1S/C17H13ClF3NO4/c1-25-16(24)10-2-7-13(18)14(8-10)22-15(23)9-26-12-5-3-11(4-6-12)17(19,20)21/h2-8H,9H2,1H3,(H,22,23). The molecule has 1 N–H and O–H groups in total. The Labute approximate surface area is 151 Å². The number of carbonyl (C=O) groups excluding carboxylic acids is 2. The van der Waals surface area contributed by atoms with E-state index in [4.69, 9.17) is 16.3 Å². The molecule has 0 heterocycles. The fourth-order valence-electron chi connectivity index (χ4n) is 1.94. The summed E-state index contributed by atoms with van der Waals surface area (Å²) in [5.41, 5.74) is -0.452. The van der Waals surface area contributed by atoms with Crippen LogP contribution in [0.3, 0.4) is 0 Å². The summed E-state index contributed by atoms with van der Waals surface area (Å²) in [5, 5.41) is 2.65. The highest BCUT2D eigenvalue weighted by Crippen LogP contribution is 2.30. The third-order valence-electron chi connectivity index (χ3n) is 3.21. The van der Waals surface area contributed by atoms with E-state index in [-0.39, 0.29) is 22.0 Å². The van der Waals surface area contributed by atoms with Crippen LogP contribution in [0.2, 0.25) is 5.02 Å². The molecule has 0 aliphatic heterocycles. The molecule has 2 aromatic carbocycles. The van der Waals surface area contributed by atoms with Gasteiger partial charge in [0.1, 0.15) is 5.75 Å². The Morgan fingerprint density at radius 1 is 1.12 bits per heavy atom. The van der Waals surface area contributed by atoms with Crippen LogP contribution in [0.4, 0.5) is 18.9 Å². The summed E-state index contributed by atoms with van der Waals surface area (Å²) in [6.07, 6.45) is -4.45. The largest absolute Gasteiger partial charge is 0.484 e. The molecule has 1 amide bonds. The summed E-state index contributed by atoms with van der Waals surface area (Å²) in [7, 11) is 1.22. The third-order valence-corrected chi connectivity index (χ3v) is 3.54. The van der Waals surface area contributed by atoms with Gasteiger partial charge in [0.2, 0.25) is 0 Å². The van der Waals surface area contributed by atoms with Crippen LogP contribution >= 0.6 is 11.6 Å². The van der Waals surface area contributed by atoms with Gasteiger partial charge in [-0.1, -0.05) is 11.6 Å². The van der Waals surface area contributed by atoms with Crippen molar-refractivity contribution < 1.29 is 32.2 Å². The number of ether oxygens (including phenoxy) is 2. The lowest BCUT2D eigenvalue weighted by Gasteiger charge is -2.11. The molecule has 0 saturated heterocycles. The van der Waals surface area contributed by atoms with Crippen molar-refractivity contribution in [2.45, 2.75) is 6.18 Å². The van der Waals surface area contributed by atoms with E-state index in [0.29, 0.717) is 0 Å². The normalized spacial score (nSPS) is 11.0. The highest BCUT2D eigenvalue weighted by Gasteiger charge is 2.30. The summed E-state index contributed by atoms with van der Waals surface area (Å²) >= 11 is 5.95. The number of hydrogen-bond donors (Lipinski definition) is 1. The van der Waals surface area contributed by atoms with Gasteiger partial charge in [0.05, 0.1) is 28.9 Å². The monoisotopic (exact) mass is 387 g/mol. The molecule has 0 bridgehead atoms. The SMILES string of the molecule is COC(=O)c1ccc(Cl)c(NC(=O)COc2ccc(C(F)(F)F)cc2)c1. The van der Waals surface area contributed by atoms with Crippen LogP contribution in [0.15, 0.2) is 42.5 Å². The van der Waals surface area contributed by atoms with E-state index in [0.717, 1.165) is 24.3 Å². The zero-order chi connectivity index (χ0) is 19.3. The van der Waals surface area contributed by atoms with Gasteiger partial charge in [0, 0.05) is 0 Å². The van der Waals surface area contributed by atoms with E-state index in [2.05, 4.69) is 10.1 Å². The minimum atomic E-state index is -4.45. The average Bonchev–Trinajstić information content (AvgIpc) is 2.60. The van der Waals surface area contributed by atoms with Crippen molar-refractivity contribution in [3.8, 4) is 5.75 Å². The molecule has 0 spiro atoms. The molecule has 0 aliphatic carbocycles. The minimum Gasteiger partial charge on any atom is -0.484 e. The van der Waals surface area contributed by atoms with E-state index in [1.165, 1.54) is 25.3 Å². The van der Waals surface area contributed by atoms with Crippen LogP contribution in [0.5, 0.6) is 5.75 Å². The van der Waals surface area contributed by atoms with Crippen molar-refractivity contribution in [1.29, 1.82) is 0 Å². The second kappa shape index (κ2) is 8.09. The first-order valence-corrected chi connectivity index (χ1v) is 7.56. The Morgan fingerprint density at radius 2 is 1.77 bits per heavy atom. The summed E-state index contributed by atoms with van der Waals surface area (Å²) < 4.78 is 47.1. The first-order chi connectivity index (χ1) is 12.2. The van der Waals surface area contributed by atoms with Gasteiger partial charge in [-0.2, -0.15) is 13.2 Å². The predicted octanol–water partition coefficient (Wildman–Crippen LogP) is 4.16. The van der Waals surface area contributed by atoms with Crippen molar-refractivity contribution in [1.82, 2.24) is 0 Å². The first kappa shape index (κ1) is 19.6. The van der Waals surface area contributed by atoms with Crippen molar-refractivity contribution in [3.63, 3.8) is 0 Å². The molecule has 5 nitrogen and oxygen atoms in total. The van der Waals surface area contributed by atoms with E-state index in [1.807, 2.05) is 0 Å². The Kier molecular flexibility index (Phi) is 6.10. The molecule has 0 aromatic heterocycles. The lowest BCUT2D eigenvalue weighted by molar-refractivity contribution is -0.137. The molecule has 9 heteroatoms. The first-order valence-electron chi connectivity index (χ1n) is 7.18. The van der Waals surface area contributed by atoms with Crippen LogP contribution in [-0.4, -0.2) is 25.6 Å². The molecule has 0 aliphatic rings. The summed E-state index contributed by atoms with van der Waals surface area (Å²) in [4.78, 5) is 23.4. The molecular weight excluding hydrogens is 375 g/mol. The number of hydrogen-bond acceptors (Lipinski definition) is 4. The molecule has 0 saturated carbocycles. The van der Waals surface area contributed by atoms with Gasteiger partial charge in [0.15, 0.2) is 6.61 Å². The minimum absolute atomic E-state index is 0.0996. The number of rotatable bonds is 5. The van der Waals surface area contributed by atoms with Crippen LogP contribution in [0.25, 0.3) is 0 Å². The zero-order valence-electron chi connectivity index (χ0n) is 13.4. The van der Waals surface area contributed by atoms with Crippen molar-refractivity contribution in [3.05, 3.63) is 58.6 Å². The quantitative estimate of drug-likeness (QED) is 0.782. The van der Waals surface area contributed by atoms with Crippen LogP contribution in [0.1, 0.15) is 15.9 Å². The Bertz CT molecular complexity index is 807. The Morgan fingerprint density at radius 3 is 2.35 bits per heavy atom. The molecule has 0 radical (unpaired) electrons. The van der Waals surface area contributed by atoms with Gasteiger partial charge in [-0.3, -0.25) is 4.79 Å². The number of halogens is 4. The number of esters is 1. The maximum absolute atomic E-state index is 12.5. The second-order valence-corrected chi connectivity index (χ2v) is 5.45. The number of anilines is 1. The molecular formula is C17H13ClF3NO4. The third kappa shape index (κ3) is 5.13. The smallest absolute Gasteiger partial charge is 0.416 e. The maximum atomic E-state index is 12.5. The highest BCUT2D eigenvalue weighted by atomic mass is 35.5. The van der Waals surface area contributed by atoms with Crippen molar-refractivity contribution in [2.24, 2.45) is 0 Å². The molecule has 2 rings (SSSR count). The number of alkyl halides is 3. The second-order valence-electron chi connectivity index (χ2n) is 5.05. The van der Waals surface area contributed by atoms with Crippen molar-refractivity contribution >= 4 is 29.2 Å². The molecule has 0 fully saturated rings. The maximum Gasteiger partial charge on any atom is 0.416 e. The molecule has 26 heavy (non-hydrogen) atoms. The van der Waals surface area contributed by atoms with Gasteiger partial charge in [-0.05, 0) is 42.5 Å². The van der Waals surface area contributed by atoms with E-state index < -0.39 is 30.2 Å². The van der Waals surface area contributed by atoms with Gasteiger partial charge in [0.25, 0.3) is 5.91 Å². The van der Waals surface area contributed by atoms with Crippen LogP contribution < -0.4 is 10.1 Å². The Hall–Kier alpha value is -2.74.